The van der Waals surface area contributed by atoms with Gasteiger partial charge in [-0.25, -0.2) is 9.59 Å². The zero-order valence-corrected chi connectivity index (χ0v) is 12.8. The van der Waals surface area contributed by atoms with Crippen LogP contribution >= 0.6 is 0 Å². The van der Waals surface area contributed by atoms with Crippen LogP contribution in [0.4, 0.5) is 10.5 Å². The molecule has 1 heterocycles. The first-order valence-corrected chi connectivity index (χ1v) is 6.95. The second kappa shape index (κ2) is 5.38. The highest BCUT2D eigenvalue weighted by atomic mass is 16.6. The fourth-order valence-corrected chi connectivity index (χ4v) is 1.95. The molecule has 1 aliphatic carbocycles. The summed E-state index contributed by atoms with van der Waals surface area (Å²) >= 11 is 0. The second-order valence-electron chi connectivity index (χ2n) is 6.35. The van der Waals surface area contributed by atoms with Crippen molar-refractivity contribution in [3.63, 3.8) is 0 Å². The zero-order valence-electron chi connectivity index (χ0n) is 12.8. The van der Waals surface area contributed by atoms with E-state index in [9.17, 15) is 14.7 Å². The molecule has 0 aliphatic heterocycles. The number of nitrogens with zero attached hydrogens (tertiary/aromatic N) is 3. The van der Waals surface area contributed by atoms with E-state index in [-0.39, 0.29) is 11.4 Å². The van der Waals surface area contributed by atoms with Gasteiger partial charge in [0.15, 0.2) is 5.69 Å². The van der Waals surface area contributed by atoms with Gasteiger partial charge in [0.25, 0.3) is 0 Å². The topological polar surface area (TPSA) is 84.7 Å². The standard InChI is InChI=1S/C14H21N3O4/c1-14(2,3)21-13(20)16(4)10-7-15-17(8-9-5-6-9)11(10)12(18)19/h7,9H,5-6,8H2,1-4H3,(H,18,19). The monoisotopic (exact) mass is 295 g/mol. The summed E-state index contributed by atoms with van der Waals surface area (Å²) in [5.74, 6) is -0.610. The van der Waals surface area contributed by atoms with E-state index in [0.717, 1.165) is 12.8 Å². The number of carboxylic acids is 1. The maximum absolute atomic E-state index is 12.1. The lowest BCUT2D eigenvalue weighted by Gasteiger charge is -2.24. The Kier molecular flexibility index (Phi) is 3.93. The molecule has 1 N–H and O–H groups in total. The van der Waals surface area contributed by atoms with Crippen LogP contribution in [0.15, 0.2) is 6.20 Å². The van der Waals surface area contributed by atoms with Gasteiger partial charge in [-0.1, -0.05) is 0 Å². The summed E-state index contributed by atoms with van der Waals surface area (Å²) in [7, 11) is 1.49. The number of hydrogen-bond acceptors (Lipinski definition) is 4. The normalized spacial score (nSPS) is 14.9. The molecule has 7 nitrogen and oxygen atoms in total. The lowest BCUT2D eigenvalue weighted by Crippen LogP contribution is -2.34. The minimum Gasteiger partial charge on any atom is -0.476 e. The minimum atomic E-state index is -1.10. The maximum atomic E-state index is 12.1. The summed E-state index contributed by atoms with van der Waals surface area (Å²) < 4.78 is 6.70. The molecule has 1 aromatic rings. The predicted molar refractivity (Wildman–Crippen MR) is 76.5 cm³/mol. The van der Waals surface area contributed by atoms with Crippen LogP contribution in [0.1, 0.15) is 44.1 Å². The number of anilines is 1. The molecule has 21 heavy (non-hydrogen) atoms. The summed E-state index contributed by atoms with van der Waals surface area (Å²) in [6.45, 7) is 5.85. The van der Waals surface area contributed by atoms with Crippen molar-refractivity contribution in [3.8, 4) is 0 Å². The Balaban J connectivity index is 2.23. The average molecular weight is 295 g/mol. The maximum Gasteiger partial charge on any atom is 0.414 e. The third-order valence-corrected chi connectivity index (χ3v) is 3.18. The number of rotatable bonds is 4. The van der Waals surface area contributed by atoms with Crippen molar-refractivity contribution in [2.45, 2.75) is 45.8 Å². The molecule has 0 unspecified atom stereocenters. The molecule has 116 valence electrons. The Morgan fingerprint density at radius 1 is 1.48 bits per heavy atom. The van der Waals surface area contributed by atoms with Crippen LogP contribution in [0.3, 0.4) is 0 Å². The molecular weight excluding hydrogens is 274 g/mol. The molecule has 7 heteroatoms. The molecular formula is C14H21N3O4. The number of amides is 1. The Morgan fingerprint density at radius 3 is 2.57 bits per heavy atom. The van der Waals surface area contributed by atoms with Crippen molar-refractivity contribution in [2.75, 3.05) is 11.9 Å². The number of aromatic nitrogens is 2. The van der Waals surface area contributed by atoms with Gasteiger partial charge in [-0.3, -0.25) is 9.58 Å². The van der Waals surface area contributed by atoms with Gasteiger partial charge < -0.3 is 9.84 Å². The second-order valence-corrected chi connectivity index (χ2v) is 6.35. The molecule has 0 atom stereocenters. The van der Waals surface area contributed by atoms with Gasteiger partial charge in [0.1, 0.15) is 5.60 Å². The van der Waals surface area contributed by atoms with Gasteiger partial charge in [0, 0.05) is 13.6 Å². The number of ether oxygens (including phenoxy) is 1. The van der Waals surface area contributed by atoms with Crippen molar-refractivity contribution in [2.24, 2.45) is 5.92 Å². The number of carboxylic acid groups (broad SMARTS) is 1. The van der Waals surface area contributed by atoms with E-state index in [4.69, 9.17) is 4.74 Å². The molecule has 0 aromatic carbocycles. The highest BCUT2D eigenvalue weighted by Crippen LogP contribution is 2.32. The lowest BCUT2D eigenvalue weighted by atomic mass is 10.2. The molecule has 0 radical (unpaired) electrons. The molecule has 2 rings (SSSR count). The van der Waals surface area contributed by atoms with Crippen molar-refractivity contribution in [1.29, 1.82) is 0 Å². The number of hydrogen-bond donors (Lipinski definition) is 1. The van der Waals surface area contributed by atoms with E-state index in [2.05, 4.69) is 5.10 Å². The van der Waals surface area contributed by atoms with Crippen LogP contribution in [-0.4, -0.2) is 39.6 Å². The minimum absolute atomic E-state index is 0.0234. The van der Waals surface area contributed by atoms with Gasteiger partial charge >= 0.3 is 12.1 Å². The van der Waals surface area contributed by atoms with Crippen molar-refractivity contribution < 1.29 is 19.4 Å². The molecule has 1 saturated carbocycles. The zero-order chi connectivity index (χ0) is 15.8. The van der Waals surface area contributed by atoms with Crippen LogP contribution in [0, 0.1) is 5.92 Å². The van der Waals surface area contributed by atoms with Gasteiger partial charge in [-0.15, -0.1) is 0 Å². The quantitative estimate of drug-likeness (QED) is 0.921. The first kappa shape index (κ1) is 15.3. The summed E-state index contributed by atoms with van der Waals surface area (Å²) in [4.78, 5) is 24.7. The van der Waals surface area contributed by atoms with Crippen LogP contribution in [0.25, 0.3) is 0 Å². The van der Waals surface area contributed by atoms with E-state index >= 15 is 0 Å². The largest absolute Gasteiger partial charge is 0.476 e. The van der Waals surface area contributed by atoms with Crippen LogP contribution in [0.5, 0.6) is 0 Å². The first-order valence-electron chi connectivity index (χ1n) is 6.95. The van der Waals surface area contributed by atoms with Crippen LogP contribution < -0.4 is 4.90 Å². The van der Waals surface area contributed by atoms with E-state index in [1.165, 1.54) is 22.8 Å². The van der Waals surface area contributed by atoms with Crippen LogP contribution in [0.2, 0.25) is 0 Å². The smallest absolute Gasteiger partial charge is 0.414 e. The third kappa shape index (κ3) is 3.74. The van der Waals surface area contributed by atoms with E-state index in [0.29, 0.717) is 12.5 Å². The van der Waals surface area contributed by atoms with Crippen molar-refractivity contribution in [1.82, 2.24) is 9.78 Å². The Morgan fingerprint density at radius 2 is 2.10 bits per heavy atom. The van der Waals surface area contributed by atoms with E-state index in [1.807, 2.05) is 0 Å². The van der Waals surface area contributed by atoms with Gasteiger partial charge in [0.05, 0.1) is 11.9 Å². The Labute approximate surface area is 123 Å². The summed E-state index contributed by atoms with van der Waals surface area (Å²) in [6, 6.07) is 0. The Bertz CT molecular complexity index is 555. The summed E-state index contributed by atoms with van der Waals surface area (Å²) in [6.07, 6.45) is 2.98. The summed E-state index contributed by atoms with van der Waals surface area (Å²) in [5.41, 5.74) is -0.369. The number of carbonyl (C=O) groups excluding carboxylic acids is 1. The molecule has 1 fully saturated rings. The van der Waals surface area contributed by atoms with Gasteiger partial charge in [-0.2, -0.15) is 5.10 Å². The van der Waals surface area contributed by atoms with Crippen LogP contribution in [-0.2, 0) is 11.3 Å². The van der Waals surface area contributed by atoms with E-state index < -0.39 is 17.7 Å². The lowest BCUT2D eigenvalue weighted by molar-refractivity contribution is 0.0589. The highest BCUT2D eigenvalue weighted by Gasteiger charge is 2.30. The SMILES string of the molecule is CN(C(=O)OC(C)(C)C)c1cnn(CC2CC2)c1C(=O)O. The first-order chi connectivity index (χ1) is 9.69. The molecule has 1 aliphatic rings. The number of aromatic carboxylic acids is 1. The van der Waals surface area contributed by atoms with Crippen molar-refractivity contribution >= 4 is 17.7 Å². The predicted octanol–water partition coefficient (Wildman–Crippen LogP) is 2.36. The van der Waals surface area contributed by atoms with Gasteiger partial charge in [-0.05, 0) is 39.5 Å². The molecule has 0 saturated heterocycles. The highest BCUT2D eigenvalue weighted by molar-refractivity contribution is 5.98. The molecule has 0 bridgehead atoms. The van der Waals surface area contributed by atoms with Gasteiger partial charge in [0.2, 0.25) is 0 Å². The average Bonchev–Trinajstić information content (AvgIpc) is 3.03. The molecule has 1 aromatic heterocycles. The fourth-order valence-electron chi connectivity index (χ4n) is 1.95. The third-order valence-electron chi connectivity index (χ3n) is 3.18. The van der Waals surface area contributed by atoms with Crippen molar-refractivity contribution in [3.05, 3.63) is 11.9 Å². The molecule has 1 amide bonds. The Hall–Kier alpha value is -2.05. The fraction of sp³-hybridized carbons (Fsp3) is 0.643. The molecule has 0 spiro atoms. The summed E-state index contributed by atoms with van der Waals surface area (Å²) in [5, 5.41) is 13.5. The number of carbonyl (C=O) groups is 2. The van der Waals surface area contributed by atoms with E-state index in [1.54, 1.807) is 20.8 Å².